The highest BCUT2D eigenvalue weighted by Crippen LogP contribution is 2.27. The van der Waals surface area contributed by atoms with Crippen LogP contribution in [0.4, 0.5) is 0 Å². The Bertz CT molecular complexity index is 1000. The first-order chi connectivity index (χ1) is 14.0. The third-order valence-corrected chi connectivity index (χ3v) is 4.58. The van der Waals surface area contributed by atoms with Crippen molar-refractivity contribution in [2.45, 2.75) is 6.61 Å². The maximum Gasteiger partial charge on any atom is 0.331 e. The van der Waals surface area contributed by atoms with Gasteiger partial charge < -0.3 is 14.6 Å². The largest absolute Gasteiger partial charge is 0.504 e. The van der Waals surface area contributed by atoms with Crippen LogP contribution in [0.1, 0.15) is 11.1 Å². The molecule has 0 spiro atoms. The maximum absolute atomic E-state index is 11.8. The molecule has 3 rings (SSSR count). The number of carbonyl (C=O) groups is 2. The summed E-state index contributed by atoms with van der Waals surface area (Å²) in [5.74, 6) is -0.743. The third kappa shape index (κ3) is 5.69. The molecule has 2 aromatic rings. The van der Waals surface area contributed by atoms with Gasteiger partial charge in [-0.2, -0.15) is 5.10 Å². The van der Waals surface area contributed by atoms with Crippen LogP contribution in [-0.2, 0) is 20.9 Å². The molecule has 148 valence electrons. The fraction of sp³-hybridized carbons (Fsp3) is 0.100. The van der Waals surface area contributed by atoms with Crippen molar-refractivity contribution in [3.63, 3.8) is 0 Å². The molecule has 1 fully saturated rings. The van der Waals surface area contributed by atoms with E-state index < -0.39 is 11.9 Å². The van der Waals surface area contributed by atoms with Gasteiger partial charge in [-0.3, -0.25) is 10.1 Å². The Hall–Kier alpha value is -3.59. The van der Waals surface area contributed by atoms with Crippen molar-refractivity contribution in [3.05, 3.63) is 70.6 Å². The van der Waals surface area contributed by atoms with Crippen LogP contribution in [-0.4, -0.2) is 35.5 Å². The number of nitrogens with one attached hydrogen (secondary N) is 1. The SMILES string of the molecule is COC(=O)/C=C1/S/C(=N\N=Cc2ccc(O)c(OCc3ccccc3)c2)NC1=O. The van der Waals surface area contributed by atoms with Gasteiger partial charge in [0.2, 0.25) is 0 Å². The summed E-state index contributed by atoms with van der Waals surface area (Å²) >= 11 is 0.980. The van der Waals surface area contributed by atoms with Gasteiger partial charge in [0.1, 0.15) is 6.61 Å². The summed E-state index contributed by atoms with van der Waals surface area (Å²) in [6.07, 6.45) is 2.54. The number of amides is 1. The standard InChI is InChI=1S/C20H17N3O5S/c1-27-18(25)10-17-19(26)22-20(29-17)23-21-11-14-7-8-15(24)16(9-14)28-12-13-5-3-2-4-6-13/h2-11,24H,12H2,1H3,(H,22,23,26)/b17-10+,21-11?. The summed E-state index contributed by atoms with van der Waals surface area (Å²) in [7, 11) is 1.23. The minimum atomic E-state index is -0.625. The van der Waals surface area contributed by atoms with Crippen LogP contribution in [0.15, 0.2) is 69.7 Å². The van der Waals surface area contributed by atoms with E-state index in [9.17, 15) is 14.7 Å². The van der Waals surface area contributed by atoms with Crippen molar-refractivity contribution < 1.29 is 24.2 Å². The summed E-state index contributed by atoms with van der Waals surface area (Å²) in [4.78, 5) is 23.2. The molecule has 1 heterocycles. The molecule has 2 N–H and O–H groups in total. The lowest BCUT2D eigenvalue weighted by Gasteiger charge is -2.08. The first-order valence-corrected chi connectivity index (χ1v) is 9.26. The van der Waals surface area contributed by atoms with Gasteiger partial charge in [-0.05, 0) is 41.1 Å². The van der Waals surface area contributed by atoms with Crippen molar-refractivity contribution in [2.24, 2.45) is 10.2 Å². The van der Waals surface area contributed by atoms with Gasteiger partial charge in [0.25, 0.3) is 5.91 Å². The zero-order valence-electron chi connectivity index (χ0n) is 15.4. The molecule has 0 unspecified atom stereocenters. The first-order valence-electron chi connectivity index (χ1n) is 8.45. The lowest BCUT2D eigenvalue weighted by atomic mass is 10.2. The minimum absolute atomic E-state index is 0.0144. The molecule has 29 heavy (non-hydrogen) atoms. The fourth-order valence-corrected chi connectivity index (χ4v) is 2.99. The van der Waals surface area contributed by atoms with Crippen molar-refractivity contribution in [1.29, 1.82) is 0 Å². The number of esters is 1. The second-order valence-corrected chi connectivity index (χ2v) is 6.77. The molecule has 0 aliphatic carbocycles. The second-order valence-electron chi connectivity index (χ2n) is 5.74. The highest BCUT2D eigenvalue weighted by molar-refractivity contribution is 8.18. The molecule has 1 aliphatic heterocycles. The third-order valence-electron chi connectivity index (χ3n) is 3.68. The molecule has 0 saturated carbocycles. The molecule has 1 aliphatic rings. The molecule has 0 bridgehead atoms. The van der Waals surface area contributed by atoms with Crippen LogP contribution in [0.5, 0.6) is 11.5 Å². The molecule has 2 aromatic carbocycles. The van der Waals surface area contributed by atoms with Gasteiger partial charge >= 0.3 is 5.97 Å². The van der Waals surface area contributed by atoms with Crippen molar-refractivity contribution in [2.75, 3.05) is 7.11 Å². The van der Waals surface area contributed by atoms with Gasteiger partial charge in [-0.15, -0.1) is 5.10 Å². The molecule has 1 amide bonds. The van der Waals surface area contributed by atoms with E-state index in [1.165, 1.54) is 19.4 Å². The van der Waals surface area contributed by atoms with Crippen LogP contribution in [0.25, 0.3) is 0 Å². The molecular weight excluding hydrogens is 394 g/mol. The number of methoxy groups -OCH3 is 1. The highest BCUT2D eigenvalue weighted by atomic mass is 32.2. The van der Waals surface area contributed by atoms with E-state index in [2.05, 4.69) is 20.3 Å². The van der Waals surface area contributed by atoms with Crippen LogP contribution in [0.3, 0.4) is 0 Å². The summed E-state index contributed by atoms with van der Waals surface area (Å²) in [6, 6.07) is 14.4. The van der Waals surface area contributed by atoms with E-state index in [1.807, 2.05) is 30.3 Å². The zero-order chi connectivity index (χ0) is 20.6. The fourth-order valence-electron chi connectivity index (χ4n) is 2.25. The molecule has 9 heteroatoms. The Labute approximate surface area is 170 Å². The summed E-state index contributed by atoms with van der Waals surface area (Å²) < 4.78 is 10.2. The number of hydrogen-bond acceptors (Lipinski definition) is 8. The number of ether oxygens (including phenoxy) is 2. The van der Waals surface area contributed by atoms with Crippen molar-refractivity contribution in [1.82, 2.24) is 5.32 Å². The molecule has 1 saturated heterocycles. The predicted octanol–water partition coefficient (Wildman–Crippen LogP) is 2.58. The predicted molar refractivity (Wildman–Crippen MR) is 110 cm³/mol. The van der Waals surface area contributed by atoms with Gasteiger partial charge in [0.05, 0.1) is 18.2 Å². The number of carbonyl (C=O) groups excluding carboxylic acids is 2. The number of aromatic hydroxyl groups is 1. The van der Waals surface area contributed by atoms with E-state index >= 15 is 0 Å². The Balaban J connectivity index is 1.65. The molecule has 0 aromatic heterocycles. The highest BCUT2D eigenvalue weighted by Gasteiger charge is 2.24. The quantitative estimate of drug-likeness (QED) is 0.327. The van der Waals surface area contributed by atoms with E-state index in [1.54, 1.807) is 12.1 Å². The number of benzene rings is 2. The number of amidine groups is 1. The Morgan fingerprint density at radius 3 is 2.79 bits per heavy atom. The number of hydrogen-bond donors (Lipinski definition) is 2. The Morgan fingerprint density at radius 1 is 1.24 bits per heavy atom. The lowest BCUT2D eigenvalue weighted by molar-refractivity contribution is -0.135. The first kappa shape index (κ1) is 20.2. The Morgan fingerprint density at radius 2 is 2.03 bits per heavy atom. The number of nitrogens with zero attached hydrogens (tertiary/aromatic N) is 2. The number of thioether (sulfide) groups is 1. The van der Waals surface area contributed by atoms with Gasteiger partial charge in [-0.1, -0.05) is 30.3 Å². The summed E-state index contributed by atoms with van der Waals surface area (Å²) in [5, 5.41) is 20.6. The smallest absolute Gasteiger partial charge is 0.331 e. The van der Waals surface area contributed by atoms with Crippen molar-refractivity contribution >= 4 is 35.0 Å². The maximum atomic E-state index is 11.8. The number of phenolic OH excluding ortho intramolecular Hbond substituents is 1. The molecule has 8 nitrogen and oxygen atoms in total. The number of phenols is 1. The number of rotatable bonds is 6. The van der Waals surface area contributed by atoms with Gasteiger partial charge in [-0.25, -0.2) is 4.79 Å². The second kappa shape index (κ2) is 9.56. The van der Waals surface area contributed by atoms with E-state index in [0.29, 0.717) is 17.9 Å². The van der Waals surface area contributed by atoms with Crippen LogP contribution < -0.4 is 10.1 Å². The van der Waals surface area contributed by atoms with Crippen LogP contribution in [0, 0.1) is 0 Å². The topological polar surface area (TPSA) is 110 Å². The van der Waals surface area contributed by atoms with Crippen molar-refractivity contribution in [3.8, 4) is 11.5 Å². The van der Waals surface area contributed by atoms with Gasteiger partial charge in [0, 0.05) is 6.08 Å². The van der Waals surface area contributed by atoms with Gasteiger partial charge in [0.15, 0.2) is 16.7 Å². The Kier molecular flexibility index (Phi) is 6.64. The van der Waals surface area contributed by atoms with E-state index in [4.69, 9.17) is 4.74 Å². The van der Waals surface area contributed by atoms with E-state index in [0.717, 1.165) is 23.4 Å². The summed E-state index contributed by atoms with van der Waals surface area (Å²) in [6.45, 7) is 0.315. The van der Waals surface area contributed by atoms with Crippen LogP contribution in [0.2, 0.25) is 0 Å². The molecule has 0 radical (unpaired) electrons. The average Bonchev–Trinajstić information content (AvgIpc) is 3.07. The monoisotopic (exact) mass is 411 g/mol. The van der Waals surface area contributed by atoms with Crippen LogP contribution >= 0.6 is 11.8 Å². The summed E-state index contributed by atoms with van der Waals surface area (Å²) in [5.41, 5.74) is 1.62. The molecular formula is C20H17N3O5S. The zero-order valence-corrected chi connectivity index (χ0v) is 16.2. The molecule has 0 atom stereocenters. The minimum Gasteiger partial charge on any atom is -0.504 e. The normalized spacial score (nSPS) is 16.4. The average molecular weight is 411 g/mol. The lowest BCUT2D eigenvalue weighted by Crippen LogP contribution is -2.19. The van der Waals surface area contributed by atoms with E-state index in [-0.39, 0.29) is 15.8 Å².